The summed E-state index contributed by atoms with van der Waals surface area (Å²) in [4.78, 5) is 0.137. The summed E-state index contributed by atoms with van der Waals surface area (Å²) in [7, 11) is -2.23. The largest absolute Gasteiger partial charge is 0.496 e. The molecule has 0 aliphatic rings. The molecule has 8 heteroatoms. The smallest absolute Gasteiger partial charge is 0.387 e. The van der Waals surface area contributed by atoms with E-state index in [0.717, 1.165) is 0 Å². The predicted molar refractivity (Wildman–Crippen MR) is 94.3 cm³/mol. The Morgan fingerprint density at radius 1 is 1.04 bits per heavy atom. The number of methoxy groups -OCH3 is 1. The highest BCUT2D eigenvalue weighted by Crippen LogP contribution is 2.27. The second kappa shape index (κ2) is 8.01. The number of alkyl halides is 2. The molecule has 1 N–H and O–H groups in total. The molecular weight excluding hydrogens is 364 g/mol. The van der Waals surface area contributed by atoms with Crippen LogP contribution in [0.5, 0.6) is 11.5 Å². The fourth-order valence-corrected chi connectivity index (χ4v) is 4.10. The summed E-state index contributed by atoms with van der Waals surface area (Å²) in [6, 6.07) is 8.34. The molecule has 5 nitrogen and oxygen atoms in total. The summed E-state index contributed by atoms with van der Waals surface area (Å²) in [6.45, 7) is 2.31. The normalized spacial score (nSPS) is 12.9. The molecule has 142 valence electrons. The van der Waals surface area contributed by atoms with Gasteiger partial charge in [-0.15, -0.1) is 0 Å². The van der Waals surface area contributed by atoms with Crippen LogP contribution in [0.3, 0.4) is 0 Å². The number of sulfonamides is 1. The van der Waals surface area contributed by atoms with E-state index in [0.29, 0.717) is 22.4 Å². The number of aryl methyl sites for hydroxylation is 2. The van der Waals surface area contributed by atoms with Crippen molar-refractivity contribution < 1.29 is 26.7 Å². The second-order valence-corrected chi connectivity index (χ2v) is 7.59. The minimum atomic E-state index is -3.76. The van der Waals surface area contributed by atoms with Gasteiger partial charge in [-0.1, -0.05) is 12.1 Å². The second-order valence-electron chi connectivity index (χ2n) is 5.88. The van der Waals surface area contributed by atoms with E-state index in [-0.39, 0.29) is 10.6 Å². The number of halogens is 2. The fraction of sp³-hybridized carbons (Fsp3) is 0.333. The van der Waals surface area contributed by atoms with Crippen molar-refractivity contribution >= 4 is 10.0 Å². The molecule has 1 unspecified atom stereocenters. The molecule has 0 fully saturated rings. The minimum Gasteiger partial charge on any atom is -0.496 e. The number of ether oxygens (including phenoxy) is 2. The summed E-state index contributed by atoms with van der Waals surface area (Å²) in [5, 5.41) is 0. The van der Waals surface area contributed by atoms with Gasteiger partial charge in [-0.05, 0) is 61.7 Å². The molecule has 2 aromatic rings. The third-order valence-electron chi connectivity index (χ3n) is 3.89. The van der Waals surface area contributed by atoms with Crippen LogP contribution in [0.2, 0.25) is 0 Å². The van der Waals surface area contributed by atoms with Crippen molar-refractivity contribution in [1.82, 2.24) is 4.72 Å². The standard InChI is InChI=1S/C18H21F2NO4S/c1-11-9-16(10-12(2)17(11)24-4)26(22,23)21-13(3)14-5-7-15(8-6-14)25-18(19)20/h5-10,13,18,21H,1-4H3. The zero-order chi connectivity index (χ0) is 19.5. The summed E-state index contributed by atoms with van der Waals surface area (Å²) in [5.41, 5.74) is 2.06. The van der Waals surface area contributed by atoms with E-state index in [2.05, 4.69) is 9.46 Å². The van der Waals surface area contributed by atoms with E-state index in [1.807, 2.05) is 0 Å². The van der Waals surface area contributed by atoms with Gasteiger partial charge in [-0.25, -0.2) is 13.1 Å². The van der Waals surface area contributed by atoms with Gasteiger partial charge in [0.15, 0.2) is 0 Å². The first-order valence-electron chi connectivity index (χ1n) is 7.86. The van der Waals surface area contributed by atoms with Crippen molar-refractivity contribution in [3.63, 3.8) is 0 Å². The highest BCUT2D eigenvalue weighted by molar-refractivity contribution is 7.89. The lowest BCUT2D eigenvalue weighted by Gasteiger charge is -2.17. The van der Waals surface area contributed by atoms with Crippen LogP contribution < -0.4 is 14.2 Å². The van der Waals surface area contributed by atoms with Gasteiger partial charge in [0.1, 0.15) is 11.5 Å². The highest BCUT2D eigenvalue weighted by atomic mass is 32.2. The van der Waals surface area contributed by atoms with E-state index in [4.69, 9.17) is 4.74 Å². The summed E-state index contributed by atoms with van der Waals surface area (Å²) in [6.07, 6.45) is 0. The van der Waals surface area contributed by atoms with E-state index in [9.17, 15) is 17.2 Å². The predicted octanol–water partition coefficient (Wildman–Crippen LogP) is 3.95. The average molecular weight is 385 g/mol. The fourth-order valence-electron chi connectivity index (χ4n) is 2.69. The molecule has 0 amide bonds. The molecule has 26 heavy (non-hydrogen) atoms. The number of nitrogens with one attached hydrogen (secondary N) is 1. The van der Waals surface area contributed by atoms with Gasteiger partial charge >= 0.3 is 6.61 Å². The van der Waals surface area contributed by atoms with Crippen LogP contribution in [0.1, 0.15) is 29.7 Å². The van der Waals surface area contributed by atoms with Crippen LogP contribution in [0.15, 0.2) is 41.3 Å². The lowest BCUT2D eigenvalue weighted by atomic mass is 10.1. The minimum absolute atomic E-state index is 0.0141. The zero-order valence-corrected chi connectivity index (χ0v) is 15.7. The number of hydrogen-bond acceptors (Lipinski definition) is 4. The quantitative estimate of drug-likeness (QED) is 0.784. The van der Waals surface area contributed by atoms with Crippen molar-refractivity contribution in [3.8, 4) is 11.5 Å². The molecule has 0 radical (unpaired) electrons. The SMILES string of the molecule is COc1c(C)cc(S(=O)(=O)NC(C)c2ccc(OC(F)F)cc2)cc1C. The Morgan fingerprint density at radius 2 is 1.58 bits per heavy atom. The van der Waals surface area contributed by atoms with Crippen molar-refractivity contribution in [2.75, 3.05) is 7.11 Å². The Balaban J connectivity index is 2.21. The van der Waals surface area contributed by atoms with E-state index in [1.54, 1.807) is 32.9 Å². The Bertz CT molecular complexity index is 844. The van der Waals surface area contributed by atoms with Crippen molar-refractivity contribution in [2.24, 2.45) is 0 Å². The van der Waals surface area contributed by atoms with Crippen LogP contribution in [-0.2, 0) is 10.0 Å². The maximum Gasteiger partial charge on any atom is 0.387 e. The Kier molecular flexibility index (Phi) is 6.20. The molecule has 0 aliphatic carbocycles. The lowest BCUT2D eigenvalue weighted by molar-refractivity contribution is -0.0498. The van der Waals surface area contributed by atoms with Crippen LogP contribution in [-0.4, -0.2) is 22.1 Å². The van der Waals surface area contributed by atoms with Crippen molar-refractivity contribution in [2.45, 2.75) is 38.3 Å². The molecular formula is C18H21F2NO4S. The van der Waals surface area contributed by atoms with Gasteiger partial charge in [0.25, 0.3) is 0 Å². The third-order valence-corrected chi connectivity index (χ3v) is 5.41. The van der Waals surface area contributed by atoms with E-state index < -0.39 is 22.7 Å². The molecule has 0 heterocycles. The summed E-state index contributed by atoms with van der Waals surface area (Å²) < 4.78 is 61.8. The van der Waals surface area contributed by atoms with Gasteiger partial charge in [-0.2, -0.15) is 8.78 Å². The zero-order valence-electron chi connectivity index (χ0n) is 14.9. The number of benzene rings is 2. The molecule has 2 aromatic carbocycles. The molecule has 0 spiro atoms. The van der Waals surface area contributed by atoms with Gasteiger partial charge < -0.3 is 9.47 Å². The summed E-state index contributed by atoms with van der Waals surface area (Å²) in [5.74, 6) is 0.659. The topological polar surface area (TPSA) is 64.6 Å². The van der Waals surface area contributed by atoms with Gasteiger partial charge in [-0.3, -0.25) is 0 Å². The monoisotopic (exact) mass is 385 g/mol. The van der Waals surface area contributed by atoms with Gasteiger partial charge in [0.05, 0.1) is 12.0 Å². The van der Waals surface area contributed by atoms with Crippen LogP contribution in [0, 0.1) is 13.8 Å². The Hall–Kier alpha value is -2.19. The molecule has 0 bridgehead atoms. The Morgan fingerprint density at radius 3 is 2.04 bits per heavy atom. The summed E-state index contributed by atoms with van der Waals surface area (Å²) >= 11 is 0. The first-order chi connectivity index (χ1) is 12.1. The third kappa shape index (κ3) is 4.70. The molecule has 0 aliphatic heterocycles. The maximum atomic E-state index is 12.7. The van der Waals surface area contributed by atoms with Gasteiger partial charge in [0.2, 0.25) is 10.0 Å². The Labute approximate surface area is 152 Å². The average Bonchev–Trinajstić information content (AvgIpc) is 2.54. The first-order valence-corrected chi connectivity index (χ1v) is 9.34. The maximum absolute atomic E-state index is 12.7. The van der Waals surface area contributed by atoms with Crippen molar-refractivity contribution in [3.05, 3.63) is 53.1 Å². The van der Waals surface area contributed by atoms with Crippen LogP contribution in [0.4, 0.5) is 8.78 Å². The molecule has 0 saturated heterocycles. The molecule has 0 saturated carbocycles. The van der Waals surface area contributed by atoms with E-state index in [1.165, 1.54) is 31.4 Å². The number of hydrogen-bond donors (Lipinski definition) is 1. The lowest BCUT2D eigenvalue weighted by Crippen LogP contribution is -2.27. The molecule has 0 aromatic heterocycles. The number of rotatable bonds is 7. The highest BCUT2D eigenvalue weighted by Gasteiger charge is 2.20. The first kappa shape index (κ1) is 20.1. The van der Waals surface area contributed by atoms with Crippen LogP contribution >= 0.6 is 0 Å². The van der Waals surface area contributed by atoms with Gasteiger partial charge in [0, 0.05) is 6.04 Å². The molecule has 1 atom stereocenters. The van der Waals surface area contributed by atoms with Crippen molar-refractivity contribution in [1.29, 1.82) is 0 Å². The molecule has 2 rings (SSSR count). The van der Waals surface area contributed by atoms with E-state index >= 15 is 0 Å². The van der Waals surface area contributed by atoms with Crippen LogP contribution in [0.25, 0.3) is 0 Å².